The van der Waals surface area contributed by atoms with Gasteiger partial charge in [-0.1, -0.05) is 38.8 Å². The third kappa shape index (κ3) is 2.58. The summed E-state index contributed by atoms with van der Waals surface area (Å²) < 4.78 is 0. The average Bonchev–Trinajstić information content (AvgIpc) is 2.35. The molecule has 0 amide bonds. The van der Waals surface area contributed by atoms with E-state index in [9.17, 15) is 0 Å². The van der Waals surface area contributed by atoms with Gasteiger partial charge in [0.15, 0.2) is 0 Å². The molecule has 1 nitrogen and oxygen atoms in total. The molecular formula is C15H23N. The highest BCUT2D eigenvalue weighted by molar-refractivity contribution is 5.54. The largest absolute Gasteiger partial charge is 0.385 e. The smallest absolute Gasteiger partial charge is 0.0375 e. The summed E-state index contributed by atoms with van der Waals surface area (Å²) >= 11 is 0. The zero-order valence-corrected chi connectivity index (χ0v) is 10.6. The fraction of sp³-hybridized carbons (Fsp3) is 0.600. The lowest BCUT2D eigenvalue weighted by atomic mass is 9.92. The van der Waals surface area contributed by atoms with Crippen LogP contribution in [-0.4, -0.2) is 6.54 Å². The van der Waals surface area contributed by atoms with Crippen LogP contribution in [0.15, 0.2) is 18.2 Å². The molecule has 0 spiro atoms. The Labute approximate surface area is 99.3 Å². The first-order chi connectivity index (χ1) is 7.83. The van der Waals surface area contributed by atoms with E-state index in [1.165, 1.54) is 48.9 Å². The van der Waals surface area contributed by atoms with Crippen LogP contribution in [0.1, 0.15) is 44.2 Å². The highest BCUT2D eigenvalue weighted by Crippen LogP contribution is 2.25. The second kappa shape index (κ2) is 5.38. The Morgan fingerprint density at radius 1 is 1.25 bits per heavy atom. The van der Waals surface area contributed by atoms with E-state index in [2.05, 4.69) is 37.4 Å². The molecule has 1 heteroatoms. The summed E-state index contributed by atoms with van der Waals surface area (Å²) in [6.07, 6.45) is 6.34. The normalized spacial score (nSPS) is 14.7. The van der Waals surface area contributed by atoms with Crippen LogP contribution in [0, 0.1) is 5.92 Å². The molecule has 2 rings (SSSR count). The lowest BCUT2D eigenvalue weighted by Crippen LogP contribution is -2.12. The number of aryl methyl sites for hydroxylation is 1. The van der Waals surface area contributed by atoms with E-state index in [0.29, 0.717) is 0 Å². The highest BCUT2D eigenvalue weighted by atomic mass is 14.9. The zero-order valence-electron chi connectivity index (χ0n) is 10.6. The monoisotopic (exact) mass is 217 g/mol. The molecule has 0 unspecified atom stereocenters. The lowest BCUT2D eigenvalue weighted by Gasteiger charge is -2.20. The van der Waals surface area contributed by atoms with Crippen molar-refractivity contribution in [2.24, 2.45) is 5.92 Å². The van der Waals surface area contributed by atoms with Crippen molar-refractivity contribution in [3.05, 3.63) is 29.3 Å². The molecule has 0 atom stereocenters. The molecular weight excluding hydrogens is 194 g/mol. The Hall–Kier alpha value is -0.980. The lowest BCUT2D eigenvalue weighted by molar-refractivity contribution is 0.490. The molecule has 0 aromatic heterocycles. The van der Waals surface area contributed by atoms with Crippen LogP contribution in [0.5, 0.6) is 0 Å². The molecule has 0 aliphatic carbocycles. The summed E-state index contributed by atoms with van der Waals surface area (Å²) in [7, 11) is 0. The van der Waals surface area contributed by atoms with E-state index in [0.717, 1.165) is 12.5 Å². The first-order valence-corrected chi connectivity index (χ1v) is 6.69. The van der Waals surface area contributed by atoms with E-state index in [1.54, 1.807) is 0 Å². The molecule has 16 heavy (non-hydrogen) atoms. The maximum atomic E-state index is 3.51. The van der Waals surface area contributed by atoms with Gasteiger partial charge in [0.25, 0.3) is 0 Å². The Bertz CT molecular complexity index is 339. The molecule has 1 aromatic carbocycles. The van der Waals surface area contributed by atoms with Gasteiger partial charge in [0.2, 0.25) is 0 Å². The topological polar surface area (TPSA) is 12.0 Å². The van der Waals surface area contributed by atoms with Gasteiger partial charge in [-0.15, -0.1) is 0 Å². The van der Waals surface area contributed by atoms with Gasteiger partial charge in [-0.05, 0) is 42.4 Å². The van der Waals surface area contributed by atoms with E-state index >= 15 is 0 Å². The van der Waals surface area contributed by atoms with Gasteiger partial charge in [0.05, 0.1) is 0 Å². The fourth-order valence-electron chi connectivity index (χ4n) is 2.55. The summed E-state index contributed by atoms with van der Waals surface area (Å²) in [5.41, 5.74) is 4.39. The number of hydrogen-bond donors (Lipinski definition) is 1. The Kier molecular flexibility index (Phi) is 3.87. The zero-order chi connectivity index (χ0) is 11.4. The van der Waals surface area contributed by atoms with Crippen LogP contribution < -0.4 is 5.32 Å². The molecule has 1 aliphatic rings. The summed E-state index contributed by atoms with van der Waals surface area (Å²) in [5.74, 6) is 0.849. The van der Waals surface area contributed by atoms with Gasteiger partial charge < -0.3 is 5.32 Å². The first kappa shape index (κ1) is 11.5. The number of hydrogen-bond acceptors (Lipinski definition) is 1. The second-order valence-electron chi connectivity index (χ2n) is 4.91. The van der Waals surface area contributed by atoms with E-state index in [4.69, 9.17) is 0 Å². The van der Waals surface area contributed by atoms with Crippen LogP contribution in [0.2, 0.25) is 0 Å². The minimum atomic E-state index is 0.849. The predicted octanol–water partition coefficient (Wildman–Crippen LogP) is 4.02. The summed E-state index contributed by atoms with van der Waals surface area (Å²) in [6, 6.07) is 7.01. The van der Waals surface area contributed by atoms with Crippen molar-refractivity contribution in [2.75, 3.05) is 11.9 Å². The standard InChI is InChI=1S/C15H23N/c1-3-12(4-2)10-13-7-8-14-6-5-9-16-15(14)11-13/h7-8,11-12,16H,3-6,9-10H2,1-2H3. The number of anilines is 1. The molecule has 1 aliphatic heterocycles. The van der Waals surface area contributed by atoms with Gasteiger partial charge in [-0.25, -0.2) is 0 Å². The van der Waals surface area contributed by atoms with E-state index < -0.39 is 0 Å². The predicted molar refractivity (Wildman–Crippen MR) is 71.0 cm³/mol. The van der Waals surface area contributed by atoms with Crippen LogP contribution in [0.3, 0.4) is 0 Å². The van der Waals surface area contributed by atoms with Gasteiger partial charge in [-0.3, -0.25) is 0 Å². The second-order valence-corrected chi connectivity index (χ2v) is 4.91. The molecule has 0 radical (unpaired) electrons. The van der Waals surface area contributed by atoms with Crippen LogP contribution in [0.25, 0.3) is 0 Å². The van der Waals surface area contributed by atoms with Gasteiger partial charge in [0.1, 0.15) is 0 Å². The first-order valence-electron chi connectivity index (χ1n) is 6.69. The SMILES string of the molecule is CCC(CC)Cc1ccc2c(c1)NCCC2. The third-order valence-corrected chi connectivity index (χ3v) is 3.79. The van der Waals surface area contributed by atoms with Crippen molar-refractivity contribution in [3.8, 4) is 0 Å². The van der Waals surface area contributed by atoms with Gasteiger partial charge in [0, 0.05) is 12.2 Å². The minimum absolute atomic E-state index is 0.849. The van der Waals surface area contributed by atoms with Crippen molar-refractivity contribution < 1.29 is 0 Å². The molecule has 88 valence electrons. The summed E-state index contributed by atoms with van der Waals surface area (Å²) in [4.78, 5) is 0. The quantitative estimate of drug-likeness (QED) is 0.803. The minimum Gasteiger partial charge on any atom is -0.385 e. The Morgan fingerprint density at radius 3 is 2.81 bits per heavy atom. The molecule has 0 saturated heterocycles. The Balaban J connectivity index is 2.10. The van der Waals surface area contributed by atoms with Crippen molar-refractivity contribution in [1.82, 2.24) is 0 Å². The number of benzene rings is 1. The molecule has 1 aromatic rings. The maximum absolute atomic E-state index is 3.51. The Morgan fingerprint density at radius 2 is 2.06 bits per heavy atom. The van der Waals surface area contributed by atoms with Crippen LogP contribution in [0.4, 0.5) is 5.69 Å². The van der Waals surface area contributed by atoms with Crippen molar-refractivity contribution in [3.63, 3.8) is 0 Å². The fourth-order valence-corrected chi connectivity index (χ4v) is 2.55. The maximum Gasteiger partial charge on any atom is 0.0375 e. The number of fused-ring (bicyclic) bond motifs is 1. The van der Waals surface area contributed by atoms with Crippen molar-refractivity contribution in [2.45, 2.75) is 46.0 Å². The molecule has 0 bridgehead atoms. The molecule has 1 N–H and O–H groups in total. The molecule has 1 heterocycles. The van der Waals surface area contributed by atoms with Crippen molar-refractivity contribution >= 4 is 5.69 Å². The molecule has 0 fully saturated rings. The third-order valence-electron chi connectivity index (χ3n) is 3.79. The summed E-state index contributed by atoms with van der Waals surface area (Å²) in [5, 5.41) is 3.51. The van der Waals surface area contributed by atoms with Crippen LogP contribution in [-0.2, 0) is 12.8 Å². The number of rotatable bonds is 4. The highest BCUT2D eigenvalue weighted by Gasteiger charge is 2.10. The molecule has 0 saturated carbocycles. The summed E-state index contributed by atoms with van der Waals surface area (Å²) in [6.45, 7) is 5.73. The van der Waals surface area contributed by atoms with Gasteiger partial charge >= 0.3 is 0 Å². The van der Waals surface area contributed by atoms with E-state index in [-0.39, 0.29) is 0 Å². The van der Waals surface area contributed by atoms with Crippen LogP contribution >= 0.6 is 0 Å². The average molecular weight is 217 g/mol. The van der Waals surface area contributed by atoms with Gasteiger partial charge in [-0.2, -0.15) is 0 Å². The van der Waals surface area contributed by atoms with E-state index in [1.807, 2.05) is 0 Å². The van der Waals surface area contributed by atoms with Crippen molar-refractivity contribution in [1.29, 1.82) is 0 Å². The number of nitrogens with one attached hydrogen (secondary N) is 1.